The molecule has 3 aliphatic rings. The average molecular weight is 209 g/mol. The largest absolute Gasteiger partial charge is 0.377 e. The smallest absolute Gasteiger partial charge is 0.0685 e. The number of fused-ring (bicyclic) bond motifs is 1. The lowest BCUT2D eigenvalue weighted by molar-refractivity contribution is -0.115. The van der Waals surface area contributed by atoms with Gasteiger partial charge in [-0.25, -0.2) is 0 Å². The molecule has 15 heavy (non-hydrogen) atoms. The Labute approximate surface area is 92.8 Å². The Balaban J connectivity index is 1.65. The second-order valence-corrected chi connectivity index (χ2v) is 6.19. The van der Waals surface area contributed by atoms with E-state index in [2.05, 4.69) is 19.2 Å². The van der Waals surface area contributed by atoms with Crippen molar-refractivity contribution in [2.24, 2.45) is 11.3 Å². The molecule has 0 aromatic rings. The van der Waals surface area contributed by atoms with Crippen LogP contribution in [0, 0.1) is 11.3 Å². The van der Waals surface area contributed by atoms with E-state index in [0.29, 0.717) is 17.6 Å². The van der Waals surface area contributed by atoms with Gasteiger partial charge >= 0.3 is 0 Å². The Hall–Kier alpha value is -0.0800. The number of hydrogen-bond acceptors (Lipinski definition) is 2. The third kappa shape index (κ3) is 1.45. The molecule has 0 aromatic carbocycles. The number of nitrogens with one attached hydrogen (secondary N) is 1. The van der Waals surface area contributed by atoms with Gasteiger partial charge in [0.1, 0.15) is 0 Å². The summed E-state index contributed by atoms with van der Waals surface area (Å²) in [4.78, 5) is 0. The minimum atomic E-state index is 0.365. The first kappa shape index (κ1) is 10.1. The van der Waals surface area contributed by atoms with Crippen LogP contribution in [-0.2, 0) is 4.74 Å². The molecular weight excluding hydrogens is 186 g/mol. The zero-order chi connectivity index (χ0) is 10.5. The first-order valence-corrected chi connectivity index (χ1v) is 6.57. The van der Waals surface area contributed by atoms with Crippen LogP contribution in [0.1, 0.15) is 46.0 Å². The highest BCUT2D eigenvalue weighted by Crippen LogP contribution is 2.52. The summed E-state index contributed by atoms with van der Waals surface area (Å²) < 4.78 is 5.82. The number of rotatable bonds is 2. The standard InChI is InChI=1S/C13H23NO/c1-13(2)11(10-7-8-15-12(10)13)14-9-5-3-4-6-9/h9-12,14H,3-8H2,1-2H3. The highest BCUT2D eigenvalue weighted by Gasteiger charge is 2.59. The summed E-state index contributed by atoms with van der Waals surface area (Å²) in [7, 11) is 0. The summed E-state index contributed by atoms with van der Waals surface area (Å²) in [6, 6.07) is 1.52. The average Bonchev–Trinajstić information content (AvgIpc) is 2.84. The van der Waals surface area contributed by atoms with Crippen molar-refractivity contribution in [3.63, 3.8) is 0 Å². The van der Waals surface area contributed by atoms with Crippen LogP contribution in [0.15, 0.2) is 0 Å². The SMILES string of the molecule is CC1(C)C(NC2CCCC2)C2CCOC21. The van der Waals surface area contributed by atoms with Crippen molar-refractivity contribution in [3.8, 4) is 0 Å². The Morgan fingerprint density at radius 3 is 2.60 bits per heavy atom. The highest BCUT2D eigenvalue weighted by molar-refractivity contribution is 5.11. The van der Waals surface area contributed by atoms with Gasteiger partial charge in [-0.2, -0.15) is 0 Å². The lowest BCUT2D eigenvalue weighted by atomic mass is 9.57. The molecule has 1 saturated heterocycles. The maximum absolute atomic E-state index is 5.82. The van der Waals surface area contributed by atoms with Gasteiger partial charge in [0.2, 0.25) is 0 Å². The fourth-order valence-electron chi connectivity index (χ4n) is 4.01. The summed E-state index contributed by atoms with van der Waals surface area (Å²) >= 11 is 0. The molecule has 0 amide bonds. The molecule has 2 heteroatoms. The molecule has 86 valence electrons. The molecule has 2 aliphatic carbocycles. The van der Waals surface area contributed by atoms with Crippen molar-refractivity contribution >= 4 is 0 Å². The quantitative estimate of drug-likeness (QED) is 0.753. The van der Waals surface area contributed by atoms with Gasteiger partial charge < -0.3 is 10.1 Å². The summed E-state index contributed by atoms with van der Waals surface area (Å²) in [5.41, 5.74) is 0.365. The Morgan fingerprint density at radius 1 is 1.13 bits per heavy atom. The van der Waals surface area contributed by atoms with Gasteiger partial charge in [0.15, 0.2) is 0 Å². The zero-order valence-corrected chi connectivity index (χ0v) is 9.96. The van der Waals surface area contributed by atoms with E-state index in [9.17, 15) is 0 Å². The molecule has 0 radical (unpaired) electrons. The van der Waals surface area contributed by atoms with Crippen LogP contribution >= 0.6 is 0 Å². The molecule has 0 aromatic heterocycles. The van der Waals surface area contributed by atoms with Crippen LogP contribution < -0.4 is 5.32 Å². The lowest BCUT2D eigenvalue weighted by Crippen LogP contribution is -2.67. The van der Waals surface area contributed by atoms with Crippen molar-refractivity contribution in [2.75, 3.05) is 6.61 Å². The van der Waals surface area contributed by atoms with Gasteiger partial charge in [0.25, 0.3) is 0 Å². The molecule has 2 nitrogen and oxygen atoms in total. The zero-order valence-electron chi connectivity index (χ0n) is 9.96. The van der Waals surface area contributed by atoms with Crippen LogP contribution in [0.4, 0.5) is 0 Å². The highest BCUT2D eigenvalue weighted by atomic mass is 16.5. The van der Waals surface area contributed by atoms with Crippen molar-refractivity contribution in [3.05, 3.63) is 0 Å². The van der Waals surface area contributed by atoms with E-state index in [0.717, 1.165) is 18.6 Å². The van der Waals surface area contributed by atoms with Crippen molar-refractivity contribution in [1.82, 2.24) is 5.32 Å². The summed E-state index contributed by atoms with van der Waals surface area (Å²) in [6.07, 6.45) is 7.45. The molecule has 3 unspecified atom stereocenters. The summed E-state index contributed by atoms with van der Waals surface area (Å²) in [6.45, 7) is 5.72. The minimum Gasteiger partial charge on any atom is -0.377 e. The topological polar surface area (TPSA) is 21.3 Å². The minimum absolute atomic E-state index is 0.365. The molecule has 2 saturated carbocycles. The maximum atomic E-state index is 5.82. The second-order valence-electron chi connectivity index (χ2n) is 6.19. The van der Waals surface area contributed by atoms with E-state index in [1.165, 1.54) is 32.1 Å². The van der Waals surface area contributed by atoms with E-state index in [4.69, 9.17) is 4.74 Å². The first-order valence-electron chi connectivity index (χ1n) is 6.57. The van der Waals surface area contributed by atoms with Gasteiger partial charge in [-0.15, -0.1) is 0 Å². The van der Waals surface area contributed by atoms with Gasteiger partial charge in [-0.1, -0.05) is 26.7 Å². The molecule has 0 bridgehead atoms. The van der Waals surface area contributed by atoms with E-state index in [1.54, 1.807) is 0 Å². The third-order valence-electron chi connectivity index (χ3n) is 4.87. The molecule has 3 rings (SSSR count). The molecule has 3 atom stereocenters. The van der Waals surface area contributed by atoms with E-state index < -0.39 is 0 Å². The van der Waals surface area contributed by atoms with E-state index in [-0.39, 0.29) is 0 Å². The van der Waals surface area contributed by atoms with E-state index >= 15 is 0 Å². The normalized spacial score (nSPS) is 44.0. The monoisotopic (exact) mass is 209 g/mol. The van der Waals surface area contributed by atoms with Crippen molar-refractivity contribution < 1.29 is 4.74 Å². The van der Waals surface area contributed by atoms with Gasteiger partial charge in [0.05, 0.1) is 6.10 Å². The van der Waals surface area contributed by atoms with Crippen LogP contribution in [-0.4, -0.2) is 24.8 Å². The fraction of sp³-hybridized carbons (Fsp3) is 1.00. The number of hydrogen-bond donors (Lipinski definition) is 1. The van der Waals surface area contributed by atoms with Crippen LogP contribution in [0.3, 0.4) is 0 Å². The second kappa shape index (κ2) is 3.46. The van der Waals surface area contributed by atoms with Crippen molar-refractivity contribution in [2.45, 2.75) is 64.1 Å². The summed E-state index contributed by atoms with van der Waals surface area (Å²) in [5, 5.41) is 3.90. The summed E-state index contributed by atoms with van der Waals surface area (Å²) in [5.74, 6) is 0.806. The van der Waals surface area contributed by atoms with Crippen LogP contribution in [0.2, 0.25) is 0 Å². The van der Waals surface area contributed by atoms with E-state index in [1.807, 2.05) is 0 Å². The fourth-order valence-corrected chi connectivity index (χ4v) is 4.01. The Bertz CT molecular complexity index is 245. The van der Waals surface area contributed by atoms with Gasteiger partial charge in [-0.05, 0) is 19.3 Å². The molecule has 0 spiro atoms. The van der Waals surface area contributed by atoms with Crippen molar-refractivity contribution in [1.29, 1.82) is 0 Å². The van der Waals surface area contributed by atoms with Gasteiger partial charge in [-0.3, -0.25) is 0 Å². The Morgan fingerprint density at radius 2 is 1.87 bits per heavy atom. The van der Waals surface area contributed by atoms with Crippen LogP contribution in [0.25, 0.3) is 0 Å². The molecule has 1 aliphatic heterocycles. The Kier molecular flexibility index (Phi) is 2.33. The molecule has 3 fully saturated rings. The third-order valence-corrected chi connectivity index (χ3v) is 4.87. The predicted molar refractivity (Wildman–Crippen MR) is 60.8 cm³/mol. The van der Waals surface area contributed by atoms with Gasteiger partial charge in [0, 0.05) is 30.0 Å². The molecule has 1 N–H and O–H groups in total. The lowest BCUT2D eigenvalue weighted by Gasteiger charge is -2.55. The predicted octanol–water partition coefficient (Wildman–Crippen LogP) is 2.33. The maximum Gasteiger partial charge on any atom is 0.0685 e. The number of ether oxygens (including phenoxy) is 1. The van der Waals surface area contributed by atoms with Crippen LogP contribution in [0.5, 0.6) is 0 Å². The molecular formula is C13H23NO. The first-order chi connectivity index (χ1) is 7.19. The molecule has 1 heterocycles.